The van der Waals surface area contributed by atoms with Crippen molar-refractivity contribution >= 4 is 0 Å². The van der Waals surface area contributed by atoms with Gasteiger partial charge in [-0.25, -0.2) is 0 Å². The van der Waals surface area contributed by atoms with Gasteiger partial charge in [0.25, 0.3) is 0 Å². The molecule has 20 heavy (non-hydrogen) atoms. The monoisotopic (exact) mass is 286 g/mol. The van der Waals surface area contributed by atoms with Crippen LogP contribution < -0.4 is 5.32 Å². The molecule has 4 nitrogen and oxygen atoms in total. The number of rotatable bonds is 10. The Balaban J connectivity index is 2.28. The quantitative estimate of drug-likeness (QED) is 0.624. The van der Waals surface area contributed by atoms with E-state index in [9.17, 15) is 0 Å². The van der Waals surface area contributed by atoms with Gasteiger partial charge in [0, 0.05) is 45.4 Å². The molecule has 1 aliphatic rings. The maximum absolute atomic E-state index is 5.57. The van der Waals surface area contributed by atoms with E-state index in [0.29, 0.717) is 25.3 Å². The van der Waals surface area contributed by atoms with Gasteiger partial charge >= 0.3 is 0 Å². The second-order valence-electron chi connectivity index (χ2n) is 6.25. The van der Waals surface area contributed by atoms with Crippen molar-refractivity contribution in [2.24, 2.45) is 5.92 Å². The van der Waals surface area contributed by atoms with Crippen LogP contribution in [0, 0.1) is 5.92 Å². The van der Waals surface area contributed by atoms with Crippen LogP contribution in [0.5, 0.6) is 0 Å². The van der Waals surface area contributed by atoms with Crippen LogP contribution in [-0.2, 0) is 9.47 Å². The predicted octanol–water partition coefficient (Wildman–Crippen LogP) is 2.14. The molecule has 0 aromatic heterocycles. The average molecular weight is 286 g/mol. The molecule has 0 bridgehead atoms. The highest BCUT2D eigenvalue weighted by Crippen LogP contribution is 2.16. The molecule has 1 heterocycles. The molecule has 0 aromatic carbocycles. The summed E-state index contributed by atoms with van der Waals surface area (Å²) in [5, 5.41) is 3.68. The summed E-state index contributed by atoms with van der Waals surface area (Å²) in [6.45, 7) is 12.6. The molecule has 0 amide bonds. The van der Waals surface area contributed by atoms with Gasteiger partial charge in [-0.1, -0.05) is 20.8 Å². The lowest BCUT2D eigenvalue weighted by atomic mass is 9.98. The van der Waals surface area contributed by atoms with Gasteiger partial charge in [0.15, 0.2) is 0 Å². The van der Waals surface area contributed by atoms with Crippen LogP contribution >= 0.6 is 0 Å². The van der Waals surface area contributed by atoms with Crippen molar-refractivity contribution in [3.8, 4) is 0 Å². The third-order valence-corrected chi connectivity index (χ3v) is 4.02. The minimum Gasteiger partial charge on any atom is -0.382 e. The van der Waals surface area contributed by atoms with Crippen molar-refractivity contribution < 1.29 is 9.47 Å². The number of nitrogens with one attached hydrogen (secondary N) is 1. The molecule has 1 N–H and O–H groups in total. The largest absolute Gasteiger partial charge is 0.382 e. The Morgan fingerprint density at radius 3 is 2.70 bits per heavy atom. The zero-order valence-electron chi connectivity index (χ0n) is 13.9. The van der Waals surface area contributed by atoms with Gasteiger partial charge in [-0.05, 0) is 25.2 Å². The molecule has 1 fully saturated rings. The number of piperazine rings is 1. The summed E-state index contributed by atoms with van der Waals surface area (Å²) in [6.07, 6.45) is 3.62. The Morgan fingerprint density at radius 1 is 1.25 bits per heavy atom. The molecule has 0 aromatic rings. The van der Waals surface area contributed by atoms with Gasteiger partial charge in [0.2, 0.25) is 0 Å². The lowest BCUT2D eigenvalue weighted by molar-refractivity contribution is 0.0553. The smallest absolute Gasteiger partial charge is 0.0700 e. The van der Waals surface area contributed by atoms with Crippen LogP contribution in [0.25, 0.3) is 0 Å². The van der Waals surface area contributed by atoms with Gasteiger partial charge in [-0.15, -0.1) is 0 Å². The Morgan fingerprint density at radius 2 is 2.05 bits per heavy atom. The highest BCUT2D eigenvalue weighted by atomic mass is 16.5. The van der Waals surface area contributed by atoms with Crippen LogP contribution in [0.4, 0.5) is 0 Å². The first kappa shape index (κ1) is 17.9. The Labute approximate surface area is 125 Å². The van der Waals surface area contributed by atoms with E-state index in [1.807, 2.05) is 0 Å². The molecule has 0 saturated carbocycles. The van der Waals surface area contributed by atoms with Crippen LogP contribution in [0.2, 0.25) is 0 Å². The SMILES string of the molecule is CCC1CN(CCCOCCOC)C(CC(C)C)CN1. The van der Waals surface area contributed by atoms with Crippen molar-refractivity contribution in [2.45, 2.75) is 52.1 Å². The maximum Gasteiger partial charge on any atom is 0.0700 e. The summed E-state index contributed by atoms with van der Waals surface area (Å²) in [5.74, 6) is 0.764. The Hall–Kier alpha value is -0.160. The van der Waals surface area contributed by atoms with Crippen LogP contribution in [-0.4, -0.2) is 63.5 Å². The lowest BCUT2D eigenvalue weighted by Gasteiger charge is -2.41. The Bertz CT molecular complexity index is 237. The second kappa shape index (κ2) is 10.6. The van der Waals surface area contributed by atoms with Crippen molar-refractivity contribution in [1.29, 1.82) is 0 Å². The minimum absolute atomic E-state index is 0.660. The van der Waals surface area contributed by atoms with E-state index in [0.717, 1.165) is 32.0 Å². The molecule has 0 spiro atoms. The molecule has 1 saturated heterocycles. The van der Waals surface area contributed by atoms with Gasteiger partial charge in [-0.3, -0.25) is 4.90 Å². The zero-order valence-corrected chi connectivity index (χ0v) is 13.9. The summed E-state index contributed by atoms with van der Waals surface area (Å²) in [4.78, 5) is 2.67. The van der Waals surface area contributed by atoms with E-state index in [1.165, 1.54) is 19.4 Å². The summed E-state index contributed by atoms with van der Waals surface area (Å²) in [5.41, 5.74) is 0. The molecular formula is C16H34N2O2. The molecule has 2 atom stereocenters. The molecule has 0 radical (unpaired) electrons. The molecule has 1 aliphatic heterocycles. The van der Waals surface area contributed by atoms with E-state index in [4.69, 9.17) is 9.47 Å². The molecule has 0 aliphatic carbocycles. The second-order valence-corrected chi connectivity index (χ2v) is 6.25. The minimum atomic E-state index is 0.660. The summed E-state index contributed by atoms with van der Waals surface area (Å²) in [6, 6.07) is 1.35. The normalized spacial score (nSPS) is 24.4. The fourth-order valence-corrected chi connectivity index (χ4v) is 2.87. The highest BCUT2D eigenvalue weighted by Gasteiger charge is 2.26. The fourth-order valence-electron chi connectivity index (χ4n) is 2.87. The van der Waals surface area contributed by atoms with Crippen LogP contribution in [0.1, 0.15) is 40.0 Å². The molecule has 4 heteroatoms. The summed E-state index contributed by atoms with van der Waals surface area (Å²) in [7, 11) is 1.71. The van der Waals surface area contributed by atoms with E-state index in [-0.39, 0.29) is 0 Å². The third-order valence-electron chi connectivity index (χ3n) is 4.02. The number of hydrogen-bond donors (Lipinski definition) is 1. The zero-order chi connectivity index (χ0) is 14.8. The number of methoxy groups -OCH3 is 1. The highest BCUT2D eigenvalue weighted by molar-refractivity contribution is 4.86. The van der Waals surface area contributed by atoms with Crippen LogP contribution in [0.15, 0.2) is 0 Å². The first-order chi connectivity index (χ1) is 9.67. The lowest BCUT2D eigenvalue weighted by Crippen LogP contribution is -2.56. The molecule has 2 unspecified atom stereocenters. The summed E-state index contributed by atoms with van der Waals surface area (Å²) < 4.78 is 10.6. The van der Waals surface area contributed by atoms with E-state index in [2.05, 4.69) is 31.0 Å². The van der Waals surface area contributed by atoms with E-state index >= 15 is 0 Å². The van der Waals surface area contributed by atoms with Crippen molar-refractivity contribution in [3.63, 3.8) is 0 Å². The standard InChI is InChI=1S/C16H34N2O2/c1-5-15-13-18(7-6-8-20-10-9-19-4)16(12-17-15)11-14(2)3/h14-17H,5-13H2,1-4H3. The fraction of sp³-hybridized carbons (Fsp3) is 1.00. The molecule has 1 rings (SSSR count). The van der Waals surface area contributed by atoms with Gasteiger partial charge in [0.05, 0.1) is 13.2 Å². The maximum atomic E-state index is 5.57. The van der Waals surface area contributed by atoms with Crippen molar-refractivity contribution in [1.82, 2.24) is 10.2 Å². The number of hydrogen-bond acceptors (Lipinski definition) is 4. The molecule has 120 valence electrons. The third kappa shape index (κ3) is 7.02. The van der Waals surface area contributed by atoms with Gasteiger partial charge in [-0.2, -0.15) is 0 Å². The van der Waals surface area contributed by atoms with Gasteiger partial charge in [0.1, 0.15) is 0 Å². The van der Waals surface area contributed by atoms with Crippen molar-refractivity contribution in [2.75, 3.05) is 46.6 Å². The van der Waals surface area contributed by atoms with Gasteiger partial charge < -0.3 is 14.8 Å². The number of ether oxygens (including phenoxy) is 2. The van der Waals surface area contributed by atoms with Crippen LogP contribution in [0.3, 0.4) is 0 Å². The average Bonchev–Trinajstić information content (AvgIpc) is 2.43. The topological polar surface area (TPSA) is 33.7 Å². The summed E-state index contributed by atoms with van der Waals surface area (Å²) >= 11 is 0. The van der Waals surface area contributed by atoms with Crippen molar-refractivity contribution in [3.05, 3.63) is 0 Å². The first-order valence-electron chi connectivity index (χ1n) is 8.21. The van der Waals surface area contributed by atoms with E-state index in [1.54, 1.807) is 7.11 Å². The number of nitrogens with zero attached hydrogens (tertiary/aromatic N) is 1. The first-order valence-corrected chi connectivity index (χ1v) is 8.21. The van der Waals surface area contributed by atoms with E-state index < -0.39 is 0 Å². The molecular weight excluding hydrogens is 252 g/mol. The predicted molar refractivity (Wildman–Crippen MR) is 84.2 cm³/mol. The Kier molecular flexibility index (Phi) is 9.44.